The van der Waals surface area contributed by atoms with Gasteiger partial charge < -0.3 is 10.4 Å². The fourth-order valence-corrected chi connectivity index (χ4v) is 3.11. The van der Waals surface area contributed by atoms with Gasteiger partial charge in [0, 0.05) is 31.3 Å². The van der Waals surface area contributed by atoms with E-state index in [0.717, 1.165) is 43.8 Å². The van der Waals surface area contributed by atoms with Gasteiger partial charge in [0.25, 0.3) is 0 Å². The van der Waals surface area contributed by atoms with Crippen LogP contribution in [-0.2, 0) is 11.3 Å². The molecule has 0 bridgehead atoms. The molecule has 2 N–H and O–H groups in total. The van der Waals surface area contributed by atoms with Crippen molar-refractivity contribution in [2.75, 3.05) is 25.1 Å². The average Bonchev–Trinajstić information content (AvgIpc) is 2.45. The minimum absolute atomic E-state index is 0.161. The highest BCUT2D eigenvalue weighted by atomic mass is 32.2. The molecule has 0 unspecified atom stereocenters. The minimum atomic E-state index is 0.161. The average molecular weight is 308 g/mol. The number of piperidine rings is 1. The number of aromatic hydroxyl groups is 1. The van der Waals surface area contributed by atoms with E-state index >= 15 is 0 Å². The monoisotopic (exact) mass is 308 g/mol. The van der Waals surface area contributed by atoms with Crippen LogP contribution in [0.2, 0.25) is 0 Å². The van der Waals surface area contributed by atoms with Gasteiger partial charge >= 0.3 is 0 Å². The van der Waals surface area contributed by atoms with Gasteiger partial charge in [0.05, 0.1) is 0 Å². The van der Waals surface area contributed by atoms with Crippen LogP contribution >= 0.6 is 11.8 Å². The fraction of sp³-hybridized carbons (Fsp3) is 0.562. The number of hydrogen-bond acceptors (Lipinski definition) is 4. The fourth-order valence-electron chi connectivity index (χ4n) is 2.72. The standard InChI is InChI=1S/C16H24N2O2S/c1-21-9-7-16(20)17-14-5-3-8-18(12-14)11-13-4-2-6-15(19)10-13/h2,4,6,10,14,19H,3,5,7-9,11-12H2,1H3,(H,17,20)/t14-/m0/s1. The molecule has 0 saturated carbocycles. The third-order valence-electron chi connectivity index (χ3n) is 3.72. The molecule has 116 valence electrons. The Balaban J connectivity index is 1.81. The summed E-state index contributed by atoms with van der Waals surface area (Å²) in [4.78, 5) is 14.1. The van der Waals surface area contributed by atoms with Gasteiger partial charge in [-0.2, -0.15) is 11.8 Å². The molecule has 0 aromatic heterocycles. The number of nitrogens with one attached hydrogen (secondary N) is 1. The lowest BCUT2D eigenvalue weighted by molar-refractivity contribution is -0.121. The van der Waals surface area contributed by atoms with E-state index in [1.54, 1.807) is 23.9 Å². The Bertz CT molecular complexity index is 467. The third kappa shape index (κ3) is 5.59. The number of benzene rings is 1. The first-order valence-corrected chi connectivity index (χ1v) is 8.85. The predicted octanol–water partition coefficient (Wildman–Crippen LogP) is 2.23. The lowest BCUT2D eigenvalue weighted by Gasteiger charge is -2.33. The van der Waals surface area contributed by atoms with E-state index in [1.807, 2.05) is 18.4 Å². The van der Waals surface area contributed by atoms with Crippen molar-refractivity contribution in [1.29, 1.82) is 0 Å². The smallest absolute Gasteiger partial charge is 0.221 e. The number of nitrogens with zero attached hydrogens (tertiary/aromatic N) is 1. The predicted molar refractivity (Wildman–Crippen MR) is 87.5 cm³/mol. The molecule has 1 fully saturated rings. The summed E-state index contributed by atoms with van der Waals surface area (Å²) in [7, 11) is 0. The van der Waals surface area contributed by atoms with Crippen molar-refractivity contribution in [1.82, 2.24) is 10.2 Å². The van der Waals surface area contributed by atoms with Crippen molar-refractivity contribution in [2.24, 2.45) is 0 Å². The van der Waals surface area contributed by atoms with E-state index in [0.29, 0.717) is 12.2 Å². The quantitative estimate of drug-likeness (QED) is 0.846. The SMILES string of the molecule is CSCCC(=O)N[C@H]1CCCN(Cc2cccc(O)c2)C1. The summed E-state index contributed by atoms with van der Waals surface area (Å²) in [6.07, 6.45) is 4.78. The molecule has 5 heteroatoms. The maximum atomic E-state index is 11.8. The normalized spacial score (nSPS) is 19.4. The number of phenolic OH excluding ortho intramolecular Hbond substituents is 1. The van der Waals surface area contributed by atoms with Crippen LogP contribution in [0.4, 0.5) is 0 Å². The van der Waals surface area contributed by atoms with Gasteiger partial charge in [0.15, 0.2) is 0 Å². The Morgan fingerprint density at radius 3 is 3.14 bits per heavy atom. The first kappa shape index (κ1) is 16.2. The summed E-state index contributed by atoms with van der Waals surface area (Å²) in [6, 6.07) is 7.65. The Kier molecular flexibility index (Phi) is 6.39. The highest BCUT2D eigenvalue weighted by Crippen LogP contribution is 2.17. The second-order valence-electron chi connectivity index (χ2n) is 5.55. The highest BCUT2D eigenvalue weighted by molar-refractivity contribution is 7.98. The van der Waals surface area contributed by atoms with Gasteiger partial charge in [-0.1, -0.05) is 12.1 Å². The molecule has 0 aliphatic carbocycles. The largest absolute Gasteiger partial charge is 0.508 e. The van der Waals surface area contributed by atoms with Gasteiger partial charge in [-0.3, -0.25) is 9.69 Å². The molecule has 2 rings (SSSR count). The maximum Gasteiger partial charge on any atom is 0.221 e. The van der Waals surface area contributed by atoms with Crippen molar-refractivity contribution in [2.45, 2.75) is 31.8 Å². The van der Waals surface area contributed by atoms with Gasteiger partial charge in [-0.15, -0.1) is 0 Å². The minimum Gasteiger partial charge on any atom is -0.508 e. The third-order valence-corrected chi connectivity index (χ3v) is 4.33. The second-order valence-corrected chi connectivity index (χ2v) is 6.54. The molecular formula is C16H24N2O2S. The van der Waals surface area contributed by atoms with Crippen LogP contribution in [0, 0.1) is 0 Å². The van der Waals surface area contributed by atoms with Crippen molar-refractivity contribution < 1.29 is 9.90 Å². The zero-order chi connectivity index (χ0) is 15.1. The Hall–Kier alpha value is -1.20. The molecule has 1 amide bonds. The molecule has 21 heavy (non-hydrogen) atoms. The summed E-state index contributed by atoms with van der Waals surface area (Å²) in [5.41, 5.74) is 1.12. The number of amides is 1. The lowest BCUT2D eigenvalue weighted by atomic mass is 10.0. The number of thioether (sulfide) groups is 1. The number of carbonyl (C=O) groups is 1. The number of hydrogen-bond donors (Lipinski definition) is 2. The van der Waals surface area contributed by atoms with Crippen molar-refractivity contribution >= 4 is 17.7 Å². The van der Waals surface area contributed by atoms with E-state index in [9.17, 15) is 9.90 Å². The van der Waals surface area contributed by atoms with E-state index in [-0.39, 0.29) is 11.9 Å². The Morgan fingerprint density at radius 2 is 2.38 bits per heavy atom. The number of carbonyl (C=O) groups excluding carboxylic acids is 1. The van der Waals surface area contributed by atoms with Gasteiger partial charge in [-0.25, -0.2) is 0 Å². The maximum absolute atomic E-state index is 11.8. The summed E-state index contributed by atoms with van der Waals surface area (Å²) >= 11 is 1.70. The molecule has 1 atom stereocenters. The first-order chi connectivity index (χ1) is 10.2. The molecule has 1 aromatic rings. The lowest BCUT2D eigenvalue weighted by Crippen LogP contribution is -2.47. The van der Waals surface area contributed by atoms with Crippen LogP contribution in [-0.4, -0.2) is 47.1 Å². The number of rotatable bonds is 6. The van der Waals surface area contributed by atoms with Crippen LogP contribution in [0.15, 0.2) is 24.3 Å². The van der Waals surface area contributed by atoms with Gasteiger partial charge in [0.1, 0.15) is 5.75 Å². The molecule has 1 aliphatic rings. The van der Waals surface area contributed by atoms with E-state index in [2.05, 4.69) is 10.2 Å². The van der Waals surface area contributed by atoms with Crippen LogP contribution in [0.3, 0.4) is 0 Å². The zero-order valence-electron chi connectivity index (χ0n) is 12.5. The molecule has 1 aliphatic heterocycles. The Morgan fingerprint density at radius 1 is 1.52 bits per heavy atom. The van der Waals surface area contributed by atoms with Crippen molar-refractivity contribution in [3.8, 4) is 5.75 Å². The molecule has 1 heterocycles. The van der Waals surface area contributed by atoms with Crippen LogP contribution in [0.1, 0.15) is 24.8 Å². The van der Waals surface area contributed by atoms with Gasteiger partial charge in [-0.05, 0) is 43.3 Å². The van der Waals surface area contributed by atoms with E-state index in [1.165, 1.54) is 0 Å². The first-order valence-electron chi connectivity index (χ1n) is 7.46. The zero-order valence-corrected chi connectivity index (χ0v) is 13.4. The summed E-state index contributed by atoms with van der Waals surface area (Å²) in [5, 5.41) is 12.7. The van der Waals surface area contributed by atoms with Crippen molar-refractivity contribution in [3.05, 3.63) is 29.8 Å². The van der Waals surface area contributed by atoms with E-state index in [4.69, 9.17) is 0 Å². The number of likely N-dealkylation sites (tertiary alicyclic amines) is 1. The molecule has 1 aromatic carbocycles. The summed E-state index contributed by atoms with van der Waals surface area (Å²) < 4.78 is 0. The van der Waals surface area contributed by atoms with Crippen LogP contribution < -0.4 is 5.32 Å². The molecule has 4 nitrogen and oxygen atoms in total. The Labute approximate surface area is 130 Å². The van der Waals surface area contributed by atoms with E-state index < -0.39 is 0 Å². The molecule has 0 radical (unpaired) electrons. The molecule has 1 saturated heterocycles. The van der Waals surface area contributed by atoms with Crippen LogP contribution in [0.5, 0.6) is 5.75 Å². The summed E-state index contributed by atoms with van der Waals surface area (Å²) in [6.45, 7) is 2.76. The van der Waals surface area contributed by atoms with Crippen molar-refractivity contribution in [3.63, 3.8) is 0 Å². The number of phenols is 1. The summed E-state index contributed by atoms with van der Waals surface area (Å²) in [5.74, 6) is 1.35. The highest BCUT2D eigenvalue weighted by Gasteiger charge is 2.21. The van der Waals surface area contributed by atoms with Crippen LogP contribution in [0.25, 0.3) is 0 Å². The second kappa shape index (κ2) is 8.29. The van der Waals surface area contributed by atoms with Gasteiger partial charge in [0.2, 0.25) is 5.91 Å². The topological polar surface area (TPSA) is 52.6 Å². The molecule has 0 spiro atoms. The molecular weight excluding hydrogens is 284 g/mol.